The fraction of sp³-hybridized carbons (Fsp3) is 0.312. The molecule has 2 aromatic rings. The van der Waals surface area contributed by atoms with E-state index in [1.165, 1.54) is 25.4 Å². The third-order valence-corrected chi connectivity index (χ3v) is 5.26. The Kier molecular flexibility index (Phi) is 5.23. The van der Waals surface area contributed by atoms with Gasteiger partial charge in [0.25, 0.3) is 0 Å². The van der Waals surface area contributed by atoms with E-state index in [0.29, 0.717) is 5.76 Å². The Morgan fingerprint density at radius 1 is 1.26 bits per heavy atom. The lowest BCUT2D eigenvalue weighted by Crippen LogP contribution is -2.39. The summed E-state index contributed by atoms with van der Waals surface area (Å²) in [4.78, 5) is 12.2. The van der Waals surface area contributed by atoms with E-state index in [-0.39, 0.29) is 17.5 Å². The van der Waals surface area contributed by atoms with Crippen molar-refractivity contribution < 1.29 is 17.6 Å². The molecule has 2 rings (SSSR count). The molecule has 0 aliphatic carbocycles. The van der Waals surface area contributed by atoms with E-state index >= 15 is 0 Å². The summed E-state index contributed by atoms with van der Waals surface area (Å²) in [6.45, 7) is 3.38. The maximum Gasteiger partial charge on any atom is 0.243 e. The Morgan fingerprint density at radius 2 is 1.91 bits per heavy atom. The number of rotatable bonds is 6. The van der Waals surface area contributed by atoms with Crippen LogP contribution in [-0.2, 0) is 14.8 Å². The first-order valence-corrected chi connectivity index (χ1v) is 8.60. The molecule has 1 aromatic heterocycles. The smallest absolute Gasteiger partial charge is 0.243 e. The normalized spacial score (nSPS) is 13.0. The zero-order valence-corrected chi connectivity index (χ0v) is 14.1. The van der Waals surface area contributed by atoms with Gasteiger partial charge in [0.2, 0.25) is 15.9 Å². The molecule has 1 unspecified atom stereocenters. The summed E-state index contributed by atoms with van der Waals surface area (Å²) >= 11 is 0. The van der Waals surface area contributed by atoms with E-state index in [9.17, 15) is 13.2 Å². The number of hydrogen-bond acceptors (Lipinski definition) is 4. The van der Waals surface area contributed by atoms with Crippen LogP contribution in [0, 0.1) is 6.92 Å². The number of carbonyl (C=O) groups excluding carboxylic acids is 1. The van der Waals surface area contributed by atoms with Crippen molar-refractivity contribution in [2.24, 2.45) is 0 Å². The van der Waals surface area contributed by atoms with Crippen LogP contribution in [-0.4, -0.2) is 32.2 Å². The third kappa shape index (κ3) is 4.20. The number of nitrogens with zero attached hydrogens (tertiary/aromatic N) is 1. The van der Waals surface area contributed by atoms with Crippen molar-refractivity contribution in [3.63, 3.8) is 0 Å². The van der Waals surface area contributed by atoms with Gasteiger partial charge in [0.15, 0.2) is 0 Å². The average molecular weight is 336 g/mol. The lowest BCUT2D eigenvalue weighted by atomic mass is 10.2. The van der Waals surface area contributed by atoms with Crippen molar-refractivity contribution in [1.82, 2.24) is 9.62 Å². The lowest BCUT2D eigenvalue weighted by molar-refractivity contribution is -0.121. The van der Waals surface area contributed by atoms with Gasteiger partial charge in [0, 0.05) is 7.05 Å². The summed E-state index contributed by atoms with van der Waals surface area (Å²) in [6, 6.07) is 9.66. The molecule has 1 heterocycles. The number of carbonyl (C=O) groups is 1. The maximum atomic E-state index is 12.4. The van der Waals surface area contributed by atoms with Crippen LogP contribution in [0.1, 0.15) is 24.3 Å². The molecule has 0 fully saturated rings. The van der Waals surface area contributed by atoms with Crippen LogP contribution in [0.25, 0.3) is 0 Å². The minimum Gasteiger partial charge on any atom is -0.467 e. The number of furan rings is 1. The van der Waals surface area contributed by atoms with Gasteiger partial charge in [-0.3, -0.25) is 4.79 Å². The average Bonchev–Trinajstić information content (AvgIpc) is 3.01. The summed E-state index contributed by atoms with van der Waals surface area (Å²) in [5.41, 5.74) is 0.969. The van der Waals surface area contributed by atoms with Gasteiger partial charge in [-0.1, -0.05) is 17.7 Å². The molecule has 0 bridgehead atoms. The molecule has 0 saturated carbocycles. The standard InChI is InChI=1S/C16H20N2O4S/c1-12-6-8-14(9-7-12)23(20,21)18(3)11-16(19)17-13(2)15-5-4-10-22-15/h4-10,13H,11H2,1-3H3,(H,17,19). The molecule has 0 radical (unpaired) electrons. The Bertz CT molecular complexity index is 752. The predicted octanol–water partition coefficient (Wildman–Crippen LogP) is 2.09. The molecule has 23 heavy (non-hydrogen) atoms. The first kappa shape index (κ1) is 17.2. The minimum absolute atomic E-state index is 0.164. The van der Waals surface area contributed by atoms with Crippen LogP contribution < -0.4 is 5.32 Å². The van der Waals surface area contributed by atoms with Gasteiger partial charge in [0.1, 0.15) is 5.76 Å². The molecule has 1 amide bonds. The largest absolute Gasteiger partial charge is 0.467 e. The highest BCUT2D eigenvalue weighted by Gasteiger charge is 2.23. The number of nitrogens with one attached hydrogen (secondary N) is 1. The molecule has 7 heteroatoms. The van der Waals surface area contributed by atoms with Crippen molar-refractivity contribution >= 4 is 15.9 Å². The Morgan fingerprint density at radius 3 is 2.48 bits per heavy atom. The monoisotopic (exact) mass is 336 g/mol. The van der Waals surface area contributed by atoms with E-state index in [4.69, 9.17) is 4.42 Å². The first-order chi connectivity index (χ1) is 10.8. The van der Waals surface area contributed by atoms with Gasteiger partial charge in [-0.2, -0.15) is 4.31 Å². The Hall–Kier alpha value is -2.12. The fourth-order valence-corrected chi connectivity index (χ4v) is 3.20. The second-order valence-corrected chi connectivity index (χ2v) is 7.42. The number of aryl methyl sites for hydroxylation is 1. The second-order valence-electron chi connectivity index (χ2n) is 5.38. The molecule has 0 aliphatic heterocycles. The molecule has 0 saturated heterocycles. The molecule has 124 valence electrons. The summed E-state index contributed by atoms with van der Waals surface area (Å²) < 4.78 is 31.1. The van der Waals surface area contributed by atoms with Crippen LogP contribution in [0.5, 0.6) is 0 Å². The number of sulfonamides is 1. The van der Waals surface area contributed by atoms with Gasteiger partial charge in [-0.05, 0) is 38.1 Å². The van der Waals surface area contributed by atoms with Crippen molar-refractivity contribution in [3.05, 3.63) is 54.0 Å². The van der Waals surface area contributed by atoms with E-state index in [0.717, 1.165) is 9.87 Å². The summed E-state index contributed by atoms with van der Waals surface area (Å²) in [5, 5.41) is 2.71. The molecule has 1 aromatic carbocycles. The second kappa shape index (κ2) is 6.97. The van der Waals surface area contributed by atoms with E-state index in [1.807, 2.05) is 6.92 Å². The van der Waals surface area contributed by atoms with E-state index < -0.39 is 15.9 Å². The van der Waals surface area contributed by atoms with E-state index in [2.05, 4.69) is 5.32 Å². The van der Waals surface area contributed by atoms with Gasteiger partial charge in [-0.15, -0.1) is 0 Å². The zero-order valence-electron chi connectivity index (χ0n) is 13.3. The molecule has 0 spiro atoms. The summed E-state index contributed by atoms with van der Waals surface area (Å²) in [5.74, 6) is 0.217. The van der Waals surface area contributed by atoms with Crippen LogP contribution in [0.3, 0.4) is 0 Å². The SMILES string of the molecule is Cc1ccc(S(=O)(=O)N(C)CC(=O)NC(C)c2ccco2)cc1. The molecule has 0 aliphatic rings. The Balaban J connectivity index is 2.01. The van der Waals surface area contributed by atoms with Crippen LogP contribution in [0.4, 0.5) is 0 Å². The predicted molar refractivity (Wildman–Crippen MR) is 86.3 cm³/mol. The van der Waals surface area contributed by atoms with Gasteiger partial charge in [0.05, 0.1) is 23.7 Å². The molecule has 6 nitrogen and oxygen atoms in total. The van der Waals surface area contributed by atoms with Gasteiger partial charge >= 0.3 is 0 Å². The van der Waals surface area contributed by atoms with Crippen molar-refractivity contribution in [2.75, 3.05) is 13.6 Å². The molecular formula is C16H20N2O4S. The minimum atomic E-state index is -3.69. The Labute approximate surface area is 136 Å². The maximum absolute atomic E-state index is 12.4. The van der Waals surface area contributed by atoms with Crippen molar-refractivity contribution in [3.8, 4) is 0 Å². The highest BCUT2D eigenvalue weighted by atomic mass is 32.2. The topological polar surface area (TPSA) is 79.6 Å². The number of likely N-dealkylation sites (N-methyl/N-ethyl adjacent to an activating group) is 1. The summed E-state index contributed by atoms with van der Waals surface area (Å²) in [7, 11) is -2.31. The third-order valence-electron chi connectivity index (χ3n) is 3.44. The zero-order chi connectivity index (χ0) is 17.0. The van der Waals surface area contributed by atoms with E-state index in [1.54, 1.807) is 31.2 Å². The highest BCUT2D eigenvalue weighted by Crippen LogP contribution is 2.15. The number of amides is 1. The lowest BCUT2D eigenvalue weighted by Gasteiger charge is -2.18. The first-order valence-electron chi connectivity index (χ1n) is 7.16. The molecular weight excluding hydrogens is 316 g/mol. The number of hydrogen-bond donors (Lipinski definition) is 1. The summed E-state index contributed by atoms with van der Waals surface area (Å²) in [6.07, 6.45) is 1.52. The molecule has 1 atom stereocenters. The van der Waals surface area contributed by atoms with Crippen molar-refractivity contribution in [1.29, 1.82) is 0 Å². The van der Waals surface area contributed by atoms with Gasteiger partial charge in [-0.25, -0.2) is 8.42 Å². The molecule has 1 N–H and O–H groups in total. The fourth-order valence-electron chi connectivity index (χ4n) is 2.07. The quantitative estimate of drug-likeness (QED) is 0.876. The highest BCUT2D eigenvalue weighted by molar-refractivity contribution is 7.89. The van der Waals surface area contributed by atoms with Crippen LogP contribution in [0.2, 0.25) is 0 Å². The van der Waals surface area contributed by atoms with Gasteiger partial charge < -0.3 is 9.73 Å². The van der Waals surface area contributed by atoms with Crippen LogP contribution >= 0.6 is 0 Å². The number of benzene rings is 1. The van der Waals surface area contributed by atoms with Crippen molar-refractivity contribution in [2.45, 2.75) is 24.8 Å². The van der Waals surface area contributed by atoms with Crippen LogP contribution in [0.15, 0.2) is 52.0 Å².